The molecule has 0 radical (unpaired) electrons. The fourth-order valence-corrected chi connectivity index (χ4v) is 4.89. The average Bonchev–Trinajstić information content (AvgIpc) is 3.26. The molecule has 0 aromatic heterocycles. The zero-order valence-electron chi connectivity index (χ0n) is 16.5. The van der Waals surface area contributed by atoms with Crippen LogP contribution in [-0.4, -0.2) is 42.2 Å². The highest BCUT2D eigenvalue weighted by molar-refractivity contribution is 6.30. The summed E-state index contributed by atoms with van der Waals surface area (Å²) in [6, 6.07) is 4.12. The van der Waals surface area contributed by atoms with Gasteiger partial charge in [-0.25, -0.2) is 4.39 Å². The number of hydrogen-bond donors (Lipinski definition) is 2. The average molecular weight is 425 g/mol. The molecule has 8 heteroatoms. The molecular weight excluding hydrogens is 399 g/mol. The summed E-state index contributed by atoms with van der Waals surface area (Å²) in [6.45, 7) is 3.89. The van der Waals surface area contributed by atoms with Crippen molar-refractivity contribution in [2.45, 2.75) is 63.3 Å². The minimum atomic E-state index is -0.589. The van der Waals surface area contributed by atoms with E-state index in [4.69, 9.17) is 21.1 Å². The van der Waals surface area contributed by atoms with Crippen molar-refractivity contribution in [1.82, 2.24) is 10.6 Å². The molecule has 1 aliphatic heterocycles. The first-order valence-corrected chi connectivity index (χ1v) is 10.5. The van der Waals surface area contributed by atoms with Gasteiger partial charge in [0.1, 0.15) is 17.7 Å². The molecule has 4 unspecified atom stereocenters. The van der Waals surface area contributed by atoms with Crippen molar-refractivity contribution < 1.29 is 23.5 Å². The largest absolute Gasteiger partial charge is 0.484 e. The molecule has 6 nitrogen and oxygen atoms in total. The van der Waals surface area contributed by atoms with Gasteiger partial charge in [0.25, 0.3) is 5.91 Å². The summed E-state index contributed by atoms with van der Waals surface area (Å²) in [5.41, 5.74) is -0.286. The van der Waals surface area contributed by atoms with E-state index in [1.807, 2.05) is 6.92 Å². The smallest absolute Gasteiger partial charge is 0.258 e. The molecule has 0 spiro atoms. The Labute approximate surface area is 174 Å². The number of fused-ring (bicyclic) bond motifs is 1. The van der Waals surface area contributed by atoms with Crippen LogP contribution in [0.2, 0.25) is 5.02 Å². The highest BCUT2D eigenvalue weighted by Gasteiger charge is 2.57. The van der Waals surface area contributed by atoms with Crippen molar-refractivity contribution in [2.24, 2.45) is 11.8 Å². The van der Waals surface area contributed by atoms with Gasteiger partial charge in [0, 0.05) is 17.6 Å². The van der Waals surface area contributed by atoms with Crippen molar-refractivity contribution in [2.75, 3.05) is 6.61 Å². The Bertz CT molecular complexity index is 804. The quantitative estimate of drug-likeness (QED) is 0.736. The monoisotopic (exact) mass is 424 g/mol. The van der Waals surface area contributed by atoms with Crippen molar-refractivity contribution in [3.05, 3.63) is 29.0 Å². The number of halogens is 2. The Balaban J connectivity index is 1.24. The number of carbonyl (C=O) groups excluding carboxylic acids is 2. The molecule has 29 heavy (non-hydrogen) atoms. The Hall–Kier alpha value is -1.86. The second-order valence-corrected chi connectivity index (χ2v) is 9.13. The molecule has 3 aliphatic carbocycles. The SMILES string of the molecule is CC1CC(C(=O)NC2CC3(NC(=O)COc4ccc(Cl)c(F)c4)CC2C3)OC1C. The number of amides is 2. The van der Waals surface area contributed by atoms with Gasteiger partial charge in [-0.2, -0.15) is 0 Å². The molecule has 2 bridgehead atoms. The maximum atomic E-state index is 13.4. The minimum Gasteiger partial charge on any atom is -0.484 e. The van der Waals surface area contributed by atoms with Crippen LogP contribution in [0.3, 0.4) is 0 Å². The molecule has 2 amide bonds. The molecule has 2 N–H and O–H groups in total. The lowest BCUT2D eigenvalue weighted by Crippen LogP contribution is -2.53. The predicted octanol–water partition coefficient (Wildman–Crippen LogP) is 2.82. The third kappa shape index (κ3) is 4.21. The Morgan fingerprint density at radius 1 is 1.31 bits per heavy atom. The van der Waals surface area contributed by atoms with E-state index in [-0.39, 0.29) is 53.0 Å². The Morgan fingerprint density at radius 3 is 2.72 bits per heavy atom. The number of ether oxygens (including phenoxy) is 2. The second-order valence-electron chi connectivity index (χ2n) is 8.72. The third-order valence-electron chi connectivity index (χ3n) is 6.54. The second kappa shape index (κ2) is 7.76. The predicted molar refractivity (Wildman–Crippen MR) is 105 cm³/mol. The van der Waals surface area contributed by atoms with Crippen LogP contribution in [0.25, 0.3) is 0 Å². The third-order valence-corrected chi connectivity index (χ3v) is 6.84. The van der Waals surface area contributed by atoms with E-state index in [0.717, 1.165) is 25.3 Å². The van der Waals surface area contributed by atoms with Gasteiger partial charge < -0.3 is 20.1 Å². The topological polar surface area (TPSA) is 76.7 Å². The van der Waals surface area contributed by atoms with E-state index in [9.17, 15) is 14.0 Å². The van der Waals surface area contributed by atoms with E-state index in [2.05, 4.69) is 17.6 Å². The summed E-state index contributed by atoms with van der Waals surface area (Å²) < 4.78 is 24.5. The van der Waals surface area contributed by atoms with Crippen molar-refractivity contribution >= 4 is 23.4 Å². The van der Waals surface area contributed by atoms with Crippen molar-refractivity contribution in [1.29, 1.82) is 0 Å². The standard InChI is InChI=1S/C21H26ClFN2O4/c1-11-5-18(29-12(11)2)20(27)24-17-9-21(7-13(17)8-21)25-19(26)10-28-14-3-4-15(22)16(23)6-14/h3-4,6,11-13,17-18H,5,7-10H2,1-2H3,(H,24,27)(H,25,26). The van der Waals surface area contributed by atoms with Crippen LogP contribution < -0.4 is 15.4 Å². The summed E-state index contributed by atoms with van der Waals surface area (Å²) in [5, 5.41) is 6.16. The zero-order chi connectivity index (χ0) is 20.8. The van der Waals surface area contributed by atoms with E-state index < -0.39 is 5.82 Å². The first-order valence-electron chi connectivity index (χ1n) is 10.1. The highest BCUT2D eigenvalue weighted by atomic mass is 35.5. The summed E-state index contributed by atoms with van der Waals surface area (Å²) in [7, 11) is 0. The van der Waals surface area contributed by atoms with E-state index in [1.165, 1.54) is 12.1 Å². The fraction of sp³-hybridized carbons (Fsp3) is 0.619. The summed E-state index contributed by atoms with van der Waals surface area (Å²) >= 11 is 5.64. The van der Waals surface area contributed by atoms with Crippen LogP contribution >= 0.6 is 11.6 Å². The van der Waals surface area contributed by atoms with Gasteiger partial charge in [-0.3, -0.25) is 9.59 Å². The molecular formula is C21H26ClFN2O4. The summed E-state index contributed by atoms with van der Waals surface area (Å²) in [6.07, 6.45) is 2.87. The molecule has 158 valence electrons. The molecule has 1 aromatic rings. The normalized spacial score (nSPS) is 35.1. The van der Waals surface area contributed by atoms with Gasteiger partial charge in [-0.15, -0.1) is 0 Å². The number of rotatable bonds is 6. The van der Waals surface area contributed by atoms with E-state index >= 15 is 0 Å². The van der Waals surface area contributed by atoms with Gasteiger partial charge in [0.15, 0.2) is 6.61 Å². The van der Waals surface area contributed by atoms with Crippen LogP contribution in [0.5, 0.6) is 5.75 Å². The zero-order valence-corrected chi connectivity index (χ0v) is 17.3. The van der Waals surface area contributed by atoms with E-state index in [0.29, 0.717) is 18.3 Å². The molecule has 1 saturated heterocycles. The van der Waals surface area contributed by atoms with Crippen LogP contribution in [0.15, 0.2) is 18.2 Å². The van der Waals surface area contributed by atoms with E-state index in [1.54, 1.807) is 0 Å². The first kappa shape index (κ1) is 20.4. The lowest BCUT2D eigenvalue weighted by Gasteiger charge is -2.39. The van der Waals surface area contributed by atoms with Crippen LogP contribution in [-0.2, 0) is 14.3 Å². The van der Waals surface area contributed by atoms with Crippen LogP contribution in [0.4, 0.5) is 4.39 Å². The van der Waals surface area contributed by atoms with Gasteiger partial charge in [-0.1, -0.05) is 18.5 Å². The highest BCUT2D eigenvalue weighted by Crippen LogP contribution is 2.52. The number of benzene rings is 1. The number of nitrogens with one attached hydrogen (secondary N) is 2. The van der Waals surface area contributed by atoms with Crippen molar-refractivity contribution in [3.63, 3.8) is 0 Å². The van der Waals surface area contributed by atoms with Gasteiger partial charge in [0.05, 0.1) is 11.1 Å². The fourth-order valence-electron chi connectivity index (χ4n) is 4.77. The molecule has 3 saturated carbocycles. The van der Waals surface area contributed by atoms with Crippen LogP contribution in [0.1, 0.15) is 39.5 Å². The van der Waals surface area contributed by atoms with Gasteiger partial charge >= 0.3 is 0 Å². The van der Waals surface area contributed by atoms with Crippen molar-refractivity contribution in [3.8, 4) is 5.75 Å². The molecule has 4 fully saturated rings. The summed E-state index contributed by atoms with van der Waals surface area (Å²) in [5.74, 6) is 0.113. The number of carbonyl (C=O) groups is 2. The molecule has 1 heterocycles. The Morgan fingerprint density at radius 2 is 2.07 bits per heavy atom. The van der Waals surface area contributed by atoms with Crippen LogP contribution in [0, 0.1) is 17.7 Å². The molecule has 5 rings (SSSR count). The van der Waals surface area contributed by atoms with Gasteiger partial charge in [0.2, 0.25) is 5.91 Å². The maximum Gasteiger partial charge on any atom is 0.258 e. The molecule has 1 aromatic carbocycles. The first-order chi connectivity index (χ1) is 13.7. The minimum absolute atomic E-state index is 0.00663. The number of hydrogen-bond acceptors (Lipinski definition) is 4. The van der Waals surface area contributed by atoms with Gasteiger partial charge in [-0.05, 0) is 56.6 Å². The maximum absolute atomic E-state index is 13.4. The Kier molecular flexibility index (Phi) is 5.46. The summed E-state index contributed by atoms with van der Waals surface area (Å²) in [4.78, 5) is 24.8. The molecule has 4 aliphatic rings. The lowest BCUT2D eigenvalue weighted by molar-refractivity contribution is -0.132. The lowest BCUT2D eigenvalue weighted by atomic mass is 9.76. The molecule has 4 atom stereocenters.